The standard InChI is InChI=1S/C44H67O3P/c1-15-16-17-18-19-20-21-22-32-23-25-34(26-24-32)46-48(45)47-40-37(43(9,10)11)29-33(30-38(40)44(12,13)14)39-35(41(3,4)5)27-31(2)28-36(39)42(6,7)8/h23-30,45H,15-22H2,1-14H3. The van der Waals surface area contributed by atoms with Gasteiger partial charge in [-0.1, -0.05) is 158 Å². The van der Waals surface area contributed by atoms with Crippen LogP contribution in [0.2, 0.25) is 0 Å². The van der Waals surface area contributed by atoms with Crippen molar-refractivity contribution in [2.75, 3.05) is 0 Å². The Labute approximate surface area is 296 Å². The Balaban J connectivity index is 1.99. The van der Waals surface area contributed by atoms with E-state index in [-0.39, 0.29) is 21.7 Å². The van der Waals surface area contributed by atoms with Crippen LogP contribution in [0, 0.1) is 6.92 Å². The lowest BCUT2D eigenvalue weighted by Crippen LogP contribution is -2.22. The van der Waals surface area contributed by atoms with Crippen LogP contribution in [0.4, 0.5) is 0 Å². The van der Waals surface area contributed by atoms with Crippen LogP contribution in [0.1, 0.15) is 168 Å². The molecular formula is C44H67O3P. The zero-order valence-electron chi connectivity index (χ0n) is 33.0. The lowest BCUT2D eigenvalue weighted by molar-refractivity contribution is 0.370. The van der Waals surface area contributed by atoms with E-state index >= 15 is 0 Å². The number of aryl methyl sites for hydroxylation is 2. The van der Waals surface area contributed by atoms with Crippen molar-refractivity contribution < 1.29 is 13.9 Å². The molecule has 0 fully saturated rings. The average molecular weight is 675 g/mol. The minimum Gasteiger partial charge on any atom is -0.418 e. The molecule has 0 aliphatic heterocycles. The molecule has 0 bridgehead atoms. The third-order valence-corrected chi connectivity index (χ3v) is 9.94. The largest absolute Gasteiger partial charge is 0.460 e. The van der Waals surface area contributed by atoms with Crippen molar-refractivity contribution in [2.24, 2.45) is 0 Å². The second-order valence-corrected chi connectivity index (χ2v) is 18.9. The van der Waals surface area contributed by atoms with E-state index < -0.39 is 8.60 Å². The maximum absolute atomic E-state index is 11.3. The highest BCUT2D eigenvalue weighted by molar-refractivity contribution is 7.41. The lowest BCUT2D eigenvalue weighted by Gasteiger charge is -2.34. The van der Waals surface area contributed by atoms with Crippen LogP contribution in [0.5, 0.6) is 11.5 Å². The van der Waals surface area contributed by atoms with Crippen molar-refractivity contribution in [3.8, 4) is 22.6 Å². The van der Waals surface area contributed by atoms with Gasteiger partial charge in [-0.15, -0.1) is 0 Å². The Morgan fingerprint density at radius 3 is 1.44 bits per heavy atom. The quantitative estimate of drug-likeness (QED) is 0.145. The highest BCUT2D eigenvalue weighted by Crippen LogP contribution is 2.50. The molecule has 0 spiro atoms. The molecule has 266 valence electrons. The van der Waals surface area contributed by atoms with E-state index in [1.54, 1.807) is 0 Å². The highest BCUT2D eigenvalue weighted by Gasteiger charge is 2.33. The van der Waals surface area contributed by atoms with Gasteiger partial charge in [0.2, 0.25) is 0 Å². The van der Waals surface area contributed by atoms with Gasteiger partial charge in [-0.2, -0.15) is 0 Å². The normalized spacial score (nSPS) is 13.5. The minimum atomic E-state index is -2.21. The van der Waals surface area contributed by atoms with Gasteiger partial charge in [0.15, 0.2) is 0 Å². The van der Waals surface area contributed by atoms with Crippen LogP contribution in [-0.2, 0) is 28.1 Å². The third kappa shape index (κ3) is 11.1. The molecule has 48 heavy (non-hydrogen) atoms. The molecule has 4 heteroatoms. The van der Waals surface area contributed by atoms with Crippen molar-refractivity contribution in [1.82, 2.24) is 0 Å². The van der Waals surface area contributed by atoms with Crippen LogP contribution < -0.4 is 9.05 Å². The summed E-state index contributed by atoms with van der Waals surface area (Å²) in [5, 5.41) is 0. The van der Waals surface area contributed by atoms with Crippen molar-refractivity contribution in [3.63, 3.8) is 0 Å². The first-order valence-corrected chi connectivity index (χ1v) is 19.5. The molecule has 0 aromatic heterocycles. The van der Waals surface area contributed by atoms with E-state index in [0.29, 0.717) is 5.75 Å². The Morgan fingerprint density at radius 2 is 1.00 bits per heavy atom. The fourth-order valence-electron chi connectivity index (χ4n) is 6.46. The van der Waals surface area contributed by atoms with Crippen molar-refractivity contribution in [1.29, 1.82) is 0 Å². The van der Waals surface area contributed by atoms with Crippen LogP contribution in [0.3, 0.4) is 0 Å². The summed E-state index contributed by atoms with van der Waals surface area (Å²) >= 11 is 0. The molecule has 0 saturated carbocycles. The molecule has 3 rings (SSSR count). The number of unbranched alkanes of at least 4 members (excludes halogenated alkanes) is 6. The summed E-state index contributed by atoms with van der Waals surface area (Å²) < 4.78 is 12.5. The van der Waals surface area contributed by atoms with Crippen LogP contribution in [-0.4, -0.2) is 4.89 Å². The zero-order valence-corrected chi connectivity index (χ0v) is 33.9. The molecule has 3 nitrogen and oxygen atoms in total. The maximum atomic E-state index is 11.3. The monoisotopic (exact) mass is 674 g/mol. The Morgan fingerprint density at radius 1 is 0.562 bits per heavy atom. The zero-order chi connectivity index (χ0) is 36.1. The van der Waals surface area contributed by atoms with Gasteiger partial charge < -0.3 is 13.9 Å². The van der Waals surface area contributed by atoms with Crippen molar-refractivity contribution >= 4 is 8.60 Å². The molecular weight excluding hydrogens is 607 g/mol. The molecule has 0 aliphatic carbocycles. The summed E-state index contributed by atoms with van der Waals surface area (Å²) in [6.45, 7) is 31.7. The molecule has 0 saturated heterocycles. The molecule has 1 unspecified atom stereocenters. The van der Waals surface area contributed by atoms with E-state index in [0.717, 1.165) is 23.3 Å². The SMILES string of the molecule is CCCCCCCCCc1ccc(OP(O)Oc2c(C(C)(C)C)cc(-c3c(C(C)(C)C)cc(C)cc3C(C)(C)C)cc2C(C)(C)C)cc1. The summed E-state index contributed by atoms with van der Waals surface area (Å²) in [6.07, 6.45) is 10.2. The van der Waals surface area contributed by atoms with Crippen LogP contribution in [0.25, 0.3) is 11.1 Å². The van der Waals surface area contributed by atoms with E-state index in [9.17, 15) is 4.89 Å². The summed E-state index contributed by atoms with van der Waals surface area (Å²) in [5.41, 5.74) is 9.37. The highest BCUT2D eigenvalue weighted by atomic mass is 31.2. The summed E-state index contributed by atoms with van der Waals surface area (Å²) in [7, 11) is -2.21. The first-order valence-electron chi connectivity index (χ1n) is 18.4. The summed E-state index contributed by atoms with van der Waals surface area (Å²) in [4.78, 5) is 11.3. The van der Waals surface area contributed by atoms with E-state index in [2.05, 4.69) is 133 Å². The van der Waals surface area contributed by atoms with Gasteiger partial charge >= 0.3 is 8.60 Å². The fourth-order valence-corrected chi connectivity index (χ4v) is 7.15. The average Bonchev–Trinajstić information content (AvgIpc) is 2.95. The van der Waals surface area contributed by atoms with Gasteiger partial charge in [-0.25, -0.2) is 0 Å². The van der Waals surface area contributed by atoms with Crippen LogP contribution >= 0.6 is 8.60 Å². The second kappa shape index (κ2) is 16.1. The summed E-state index contributed by atoms with van der Waals surface area (Å²) in [5.74, 6) is 1.35. The smallest absolute Gasteiger partial charge is 0.418 e. The molecule has 1 atom stereocenters. The van der Waals surface area contributed by atoms with Crippen LogP contribution in [0.15, 0.2) is 48.5 Å². The molecule has 0 heterocycles. The van der Waals surface area contributed by atoms with Crippen molar-refractivity contribution in [2.45, 2.75) is 170 Å². The maximum Gasteiger partial charge on any atom is 0.460 e. The lowest BCUT2D eigenvalue weighted by atomic mass is 9.71. The molecule has 1 N–H and O–H groups in total. The molecule has 0 radical (unpaired) electrons. The second-order valence-electron chi connectivity index (χ2n) is 18.1. The topological polar surface area (TPSA) is 38.7 Å². The van der Waals surface area contributed by atoms with E-state index in [4.69, 9.17) is 9.05 Å². The number of hydrogen-bond acceptors (Lipinski definition) is 3. The number of rotatable bonds is 13. The van der Waals surface area contributed by atoms with Gasteiger partial charge in [0.05, 0.1) is 0 Å². The predicted octanol–water partition coefficient (Wildman–Crippen LogP) is 13.8. The molecule has 3 aromatic rings. The third-order valence-electron chi connectivity index (χ3n) is 9.24. The summed E-state index contributed by atoms with van der Waals surface area (Å²) in [6, 6.07) is 17.5. The minimum absolute atomic E-state index is 0.0443. The van der Waals surface area contributed by atoms with E-state index in [1.807, 2.05) is 12.1 Å². The Kier molecular flexibility index (Phi) is 13.5. The van der Waals surface area contributed by atoms with Crippen molar-refractivity contribution in [3.05, 3.63) is 81.9 Å². The first-order chi connectivity index (χ1) is 22.1. The molecule has 3 aromatic carbocycles. The predicted molar refractivity (Wildman–Crippen MR) is 210 cm³/mol. The number of benzene rings is 3. The van der Waals surface area contributed by atoms with Gasteiger partial charge in [0.1, 0.15) is 11.5 Å². The fraction of sp³-hybridized carbons (Fsp3) is 0.591. The Hall–Kier alpha value is -2.35. The van der Waals surface area contributed by atoms with Gasteiger partial charge in [-0.05, 0) is 93.5 Å². The first kappa shape index (κ1) is 40.1. The van der Waals surface area contributed by atoms with Gasteiger partial charge in [0, 0.05) is 11.1 Å². The van der Waals surface area contributed by atoms with E-state index in [1.165, 1.54) is 78.3 Å². The van der Waals surface area contributed by atoms with Gasteiger partial charge in [0.25, 0.3) is 0 Å². The molecule has 0 aliphatic rings. The Bertz CT molecular complexity index is 1400. The number of hydrogen-bond donors (Lipinski definition) is 1. The van der Waals surface area contributed by atoms with Gasteiger partial charge in [-0.3, -0.25) is 0 Å². The molecule has 0 amide bonds.